The smallest absolute Gasteiger partial charge is 0.253 e. The quantitative estimate of drug-likeness (QED) is 0.794. The molecule has 0 atom stereocenters. The number of hydrogen-bond donors (Lipinski definition) is 2. The fourth-order valence-corrected chi connectivity index (χ4v) is 2.85. The summed E-state index contributed by atoms with van der Waals surface area (Å²) in [6.45, 7) is 0. The van der Waals surface area contributed by atoms with Crippen molar-refractivity contribution < 1.29 is 14.3 Å². The van der Waals surface area contributed by atoms with Gasteiger partial charge >= 0.3 is 0 Å². The molecule has 0 saturated heterocycles. The van der Waals surface area contributed by atoms with Gasteiger partial charge in [0.2, 0.25) is 5.91 Å². The molecule has 126 valence electrons. The lowest BCUT2D eigenvalue weighted by atomic mass is 10.1. The zero-order chi connectivity index (χ0) is 17.5. The highest BCUT2D eigenvalue weighted by atomic mass is 79.9. The van der Waals surface area contributed by atoms with E-state index in [0.29, 0.717) is 24.1 Å². The average Bonchev–Trinajstić information content (AvgIpc) is 2.60. The van der Waals surface area contributed by atoms with Crippen LogP contribution in [0.5, 0.6) is 5.75 Å². The van der Waals surface area contributed by atoms with Crippen molar-refractivity contribution >= 4 is 33.4 Å². The van der Waals surface area contributed by atoms with Gasteiger partial charge in [-0.2, -0.15) is 0 Å². The molecule has 5 nitrogen and oxygen atoms in total. The maximum Gasteiger partial charge on any atom is 0.253 e. The Labute approximate surface area is 149 Å². The lowest BCUT2D eigenvalue weighted by Gasteiger charge is -2.10. The maximum atomic E-state index is 12.2. The number of methoxy groups -OCH3 is 1. The van der Waals surface area contributed by atoms with Crippen molar-refractivity contribution in [1.29, 1.82) is 0 Å². The molecule has 0 bridgehead atoms. The second-order valence-corrected chi connectivity index (χ2v) is 6.00. The van der Waals surface area contributed by atoms with Crippen molar-refractivity contribution in [2.45, 2.75) is 12.8 Å². The molecule has 0 aromatic heterocycles. The van der Waals surface area contributed by atoms with E-state index in [2.05, 4.69) is 26.6 Å². The van der Waals surface area contributed by atoms with Crippen LogP contribution in [-0.2, 0) is 11.2 Å². The predicted octanol–water partition coefficient (Wildman–Crippen LogP) is 3.39. The number of nitrogens with one attached hydrogen (secondary N) is 2. The molecule has 0 unspecified atom stereocenters. The summed E-state index contributed by atoms with van der Waals surface area (Å²) in [6, 6.07) is 12.7. The number of amides is 2. The van der Waals surface area contributed by atoms with E-state index in [1.54, 1.807) is 38.4 Å². The second-order valence-electron chi connectivity index (χ2n) is 5.14. The van der Waals surface area contributed by atoms with E-state index in [0.717, 1.165) is 15.8 Å². The number of hydrogen-bond acceptors (Lipinski definition) is 3. The van der Waals surface area contributed by atoms with E-state index >= 15 is 0 Å². The normalized spacial score (nSPS) is 10.1. The van der Waals surface area contributed by atoms with Crippen LogP contribution in [-0.4, -0.2) is 26.0 Å². The third-order valence-electron chi connectivity index (χ3n) is 3.53. The molecule has 2 aromatic carbocycles. The van der Waals surface area contributed by atoms with Gasteiger partial charge in [-0.15, -0.1) is 0 Å². The van der Waals surface area contributed by atoms with E-state index in [9.17, 15) is 9.59 Å². The van der Waals surface area contributed by atoms with Crippen molar-refractivity contribution in [3.05, 3.63) is 58.1 Å². The summed E-state index contributed by atoms with van der Waals surface area (Å²) >= 11 is 3.43. The van der Waals surface area contributed by atoms with Crippen LogP contribution in [0.3, 0.4) is 0 Å². The molecule has 0 heterocycles. The first-order valence-electron chi connectivity index (χ1n) is 7.48. The van der Waals surface area contributed by atoms with Gasteiger partial charge in [0, 0.05) is 13.5 Å². The van der Waals surface area contributed by atoms with Crippen LogP contribution >= 0.6 is 15.9 Å². The van der Waals surface area contributed by atoms with Crippen LogP contribution in [0, 0.1) is 0 Å². The summed E-state index contributed by atoms with van der Waals surface area (Å²) in [6.07, 6.45) is 0.914. The molecule has 0 saturated carbocycles. The Kier molecular flexibility index (Phi) is 6.37. The molecule has 2 aromatic rings. The monoisotopic (exact) mass is 390 g/mol. The minimum absolute atomic E-state index is 0.140. The van der Waals surface area contributed by atoms with Crippen LogP contribution in [0.4, 0.5) is 5.69 Å². The van der Waals surface area contributed by atoms with Crippen molar-refractivity contribution in [2.24, 2.45) is 0 Å². The summed E-state index contributed by atoms with van der Waals surface area (Å²) in [5.74, 6) is 0.381. The highest BCUT2D eigenvalue weighted by molar-refractivity contribution is 9.10. The first-order chi connectivity index (χ1) is 11.5. The van der Waals surface area contributed by atoms with Crippen molar-refractivity contribution in [2.75, 3.05) is 19.5 Å². The van der Waals surface area contributed by atoms with Gasteiger partial charge in [-0.1, -0.05) is 18.2 Å². The van der Waals surface area contributed by atoms with E-state index in [1.165, 1.54) is 0 Å². The van der Waals surface area contributed by atoms with Crippen molar-refractivity contribution in [1.82, 2.24) is 5.32 Å². The average molecular weight is 391 g/mol. The summed E-state index contributed by atoms with van der Waals surface area (Å²) in [4.78, 5) is 24.0. The van der Waals surface area contributed by atoms with Gasteiger partial charge < -0.3 is 15.4 Å². The highest BCUT2D eigenvalue weighted by Gasteiger charge is 2.12. The minimum Gasteiger partial charge on any atom is -0.496 e. The molecule has 24 heavy (non-hydrogen) atoms. The number of aryl methyl sites for hydroxylation is 1. The van der Waals surface area contributed by atoms with Crippen LogP contribution in [0.15, 0.2) is 46.9 Å². The molecule has 0 radical (unpaired) electrons. The van der Waals surface area contributed by atoms with Crippen LogP contribution < -0.4 is 15.4 Å². The summed E-state index contributed by atoms with van der Waals surface area (Å²) < 4.78 is 6.04. The number of ether oxygens (including phenoxy) is 1. The topological polar surface area (TPSA) is 67.4 Å². The van der Waals surface area contributed by atoms with Gasteiger partial charge in [0.25, 0.3) is 5.91 Å². The Balaban J connectivity index is 1.99. The minimum atomic E-state index is -0.231. The molecule has 2 amide bonds. The fraction of sp³-hybridized carbons (Fsp3) is 0.222. The standard InChI is InChI=1S/C18H19BrN2O3/c1-20-18(23)13-5-3-4-6-15(13)21-17(22)10-8-12-7-9-16(24-2)14(19)11-12/h3-7,9,11H,8,10H2,1-2H3,(H,20,23)(H,21,22). The summed E-state index contributed by atoms with van der Waals surface area (Å²) in [5.41, 5.74) is 1.98. The van der Waals surface area contributed by atoms with Crippen LogP contribution in [0.2, 0.25) is 0 Å². The van der Waals surface area contributed by atoms with Gasteiger partial charge in [-0.25, -0.2) is 0 Å². The molecule has 2 rings (SSSR count). The van der Waals surface area contributed by atoms with Gasteiger partial charge in [-0.05, 0) is 52.2 Å². The Morgan fingerprint density at radius 1 is 1.17 bits per heavy atom. The number of rotatable bonds is 6. The van der Waals surface area contributed by atoms with E-state index in [4.69, 9.17) is 4.74 Å². The van der Waals surface area contributed by atoms with E-state index < -0.39 is 0 Å². The molecule has 6 heteroatoms. The summed E-state index contributed by atoms with van der Waals surface area (Å²) in [5, 5.41) is 5.36. The molecule has 0 aliphatic heterocycles. The molecule has 0 aliphatic carbocycles. The lowest BCUT2D eigenvalue weighted by molar-refractivity contribution is -0.116. The number of halogens is 1. The van der Waals surface area contributed by atoms with E-state index in [1.807, 2.05) is 18.2 Å². The molecule has 0 aliphatic rings. The second kappa shape index (κ2) is 8.49. The van der Waals surface area contributed by atoms with Gasteiger partial charge in [0.1, 0.15) is 5.75 Å². The third-order valence-corrected chi connectivity index (χ3v) is 4.15. The lowest BCUT2D eigenvalue weighted by Crippen LogP contribution is -2.21. The van der Waals surface area contributed by atoms with Gasteiger partial charge in [0.05, 0.1) is 22.8 Å². The molecule has 0 fully saturated rings. The number of carbonyl (C=O) groups is 2. The molecular formula is C18H19BrN2O3. The Bertz CT molecular complexity index is 747. The van der Waals surface area contributed by atoms with Crippen molar-refractivity contribution in [3.8, 4) is 5.75 Å². The third kappa shape index (κ3) is 4.58. The molecular weight excluding hydrogens is 372 g/mol. The maximum absolute atomic E-state index is 12.2. The predicted molar refractivity (Wildman–Crippen MR) is 97.5 cm³/mol. The number of anilines is 1. The van der Waals surface area contributed by atoms with Crippen LogP contribution in [0.1, 0.15) is 22.3 Å². The SMILES string of the molecule is CNC(=O)c1ccccc1NC(=O)CCc1ccc(OC)c(Br)c1. The summed E-state index contributed by atoms with van der Waals surface area (Å²) in [7, 11) is 3.17. The van der Waals surface area contributed by atoms with Crippen LogP contribution in [0.25, 0.3) is 0 Å². The Hall–Kier alpha value is -2.34. The zero-order valence-electron chi connectivity index (χ0n) is 13.6. The Morgan fingerprint density at radius 2 is 1.92 bits per heavy atom. The number of benzene rings is 2. The van der Waals surface area contributed by atoms with Gasteiger partial charge in [0.15, 0.2) is 0 Å². The zero-order valence-corrected chi connectivity index (χ0v) is 15.1. The van der Waals surface area contributed by atoms with E-state index in [-0.39, 0.29) is 11.8 Å². The highest BCUT2D eigenvalue weighted by Crippen LogP contribution is 2.26. The number of para-hydroxylation sites is 1. The Morgan fingerprint density at radius 3 is 2.58 bits per heavy atom. The molecule has 0 spiro atoms. The first-order valence-corrected chi connectivity index (χ1v) is 8.28. The van der Waals surface area contributed by atoms with Gasteiger partial charge in [-0.3, -0.25) is 9.59 Å². The largest absolute Gasteiger partial charge is 0.496 e. The van der Waals surface area contributed by atoms with Crippen molar-refractivity contribution in [3.63, 3.8) is 0 Å². The molecule has 2 N–H and O–H groups in total. The fourth-order valence-electron chi connectivity index (χ4n) is 2.26. The first kappa shape index (κ1) is 18.0. The number of carbonyl (C=O) groups excluding carboxylic acids is 2.